The zero-order valence-corrected chi connectivity index (χ0v) is 10.5. The normalized spacial score (nSPS) is 29.9. The van der Waals surface area contributed by atoms with E-state index in [0.717, 1.165) is 38.1 Å². The third-order valence-corrected chi connectivity index (χ3v) is 4.23. The molecule has 1 aromatic rings. The number of aromatic nitrogens is 2. The summed E-state index contributed by atoms with van der Waals surface area (Å²) in [5, 5.41) is 3.87. The molecule has 0 amide bonds. The summed E-state index contributed by atoms with van der Waals surface area (Å²) in [7, 11) is 0. The molecular formula is C13H19N3O2. The zero-order chi connectivity index (χ0) is 12.4. The molecule has 18 heavy (non-hydrogen) atoms. The number of rotatable bonds is 3. The first-order chi connectivity index (χ1) is 8.84. The average molecular weight is 249 g/mol. The van der Waals surface area contributed by atoms with Crippen LogP contribution in [0.15, 0.2) is 10.9 Å². The van der Waals surface area contributed by atoms with E-state index < -0.39 is 0 Å². The van der Waals surface area contributed by atoms with Crippen LogP contribution in [0.4, 0.5) is 0 Å². The Morgan fingerprint density at radius 1 is 1.33 bits per heavy atom. The van der Waals surface area contributed by atoms with Crippen molar-refractivity contribution in [1.82, 2.24) is 15.0 Å². The number of hydrogen-bond donors (Lipinski definition) is 0. The van der Waals surface area contributed by atoms with E-state index in [2.05, 4.69) is 15.0 Å². The van der Waals surface area contributed by atoms with Crippen molar-refractivity contribution in [3.63, 3.8) is 0 Å². The predicted molar refractivity (Wildman–Crippen MR) is 64.7 cm³/mol. The molecule has 0 N–H and O–H groups in total. The van der Waals surface area contributed by atoms with Crippen LogP contribution >= 0.6 is 0 Å². The van der Waals surface area contributed by atoms with Gasteiger partial charge in [0.05, 0.1) is 6.54 Å². The van der Waals surface area contributed by atoms with Crippen molar-refractivity contribution in [2.24, 2.45) is 5.92 Å². The molecule has 1 aliphatic heterocycles. The molecule has 98 valence electrons. The molecule has 2 unspecified atom stereocenters. The summed E-state index contributed by atoms with van der Waals surface area (Å²) < 4.78 is 4.77. The summed E-state index contributed by atoms with van der Waals surface area (Å²) in [5.41, 5.74) is 0. The van der Waals surface area contributed by atoms with Crippen LogP contribution in [0, 0.1) is 5.92 Å². The zero-order valence-electron chi connectivity index (χ0n) is 10.5. The Morgan fingerprint density at radius 2 is 2.28 bits per heavy atom. The molecule has 1 saturated heterocycles. The fraction of sp³-hybridized carbons (Fsp3) is 0.769. The standard InChI is InChI=1S/C13H19N3O2/c17-12-6-2-1-4-10(12)11-5-3-7-16(11)8-13-14-9-18-15-13/h9-11H,1-8H2. The predicted octanol–water partition coefficient (Wildman–Crippen LogP) is 1.79. The summed E-state index contributed by atoms with van der Waals surface area (Å²) in [6.07, 6.45) is 7.78. The summed E-state index contributed by atoms with van der Waals surface area (Å²) in [6.45, 7) is 1.76. The first-order valence-electron chi connectivity index (χ1n) is 6.86. The molecule has 0 bridgehead atoms. The van der Waals surface area contributed by atoms with E-state index in [1.807, 2.05) is 0 Å². The number of hydrogen-bond acceptors (Lipinski definition) is 5. The summed E-state index contributed by atoms with van der Waals surface area (Å²) >= 11 is 0. The van der Waals surface area contributed by atoms with Gasteiger partial charge < -0.3 is 4.52 Å². The highest BCUT2D eigenvalue weighted by atomic mass is 16.5. The second-order valence-corrected chi connectivity index (χ2v) is 5.35. The monoisotopic (exact) mass is 249 g/mol. The molecule has 3 rings (SSSR count). The highest BCUT2D eigenvalue weighted by Gasteiger charge is 2.36. The van der Waals surface area contributed by atoms with Gasteiger partial charge in [0, 0.05) is 18.4 Å². The molecule has 2 atom stereocenters. The van der Waals surface area contributed by atoms with Crippen molar-refractivity contribution in [2.75, 3.05) is 6.54 Å². The Labute approximate surface area is 107 Å². The second kappa shape index (κ2) is 5.18. The molecule has 2 aliphatic rings. The van der Waals surface area contributed by atoms with Crippen molar-refractivity contribution in [2.45, 2.75) is 51.1 Å². The minimum absolute atomic E-state index is 0.244. The smallest absolute Gasteiger partial charge is 0.213 e. The topological polar surface area (TPSA) is 59.2 Å². The van der Waals surface area contributed by atoms with Crippen LogP contribution in [0.3, 0.4) is 0 Å². The van der Waals surface area contributed by atoms with Crippen LogP contribution in [0.1, 0.15) is 44.3 Å². The van der Waals surface area contributed by atoms with Gasteiger partial charge in [-0.15, -0.1) is 0 Å². The molecule has 5 nitrogen and oxygen atoms in total. The minimum Gasteiger partial charge on any atom is -0.343 e. The summed E-state index contributed by atoms with van der Waals surface area (Å²) in [6, 6.07) is 0.399. The highest BCUT2D eigenvalue weighted by Crippen LogP contribution is 2.32. The number of ketones is 1. The summed E-state index contributed by atoms with van der Waals surface area (Å²) in [5.74, 6) is 1.43. The number of carbonyl (C=O) groups is 1. The molecule has 0 spiro atoms. The van der Waals surface area contributed by atoms with Crippen molar-refractivity contribution in [3.8, 4) is 0 Å². The Hall–Kier alpha value is -1.23. The third-order valence-electron chi connectivity index (χ3n) is 4.23. The van der Waals surface area contributed by atoms with Gasteiger partial charge in [0.25, 0.3) is 0 Å². The molecule has 1 aliphatic carbocycles. The molecule has 1 aromatic heterocycles. The largest absolute Gasteiger partial charge is 0.343 e. The number of nitrogens with zero attached hydrogens (tertiary/aromatic N) is 3. The SMILES string of the molecule is O=C1CCCCC1C1CCCN1Cc1ncon1. The van der Waals surface area contributed by atoms with E-state index in [-0.39, 0.29) is 5.92 Å². The second-order valence-electron chi connectivity index (χ2n) is 5.35. The number of likely N-dealkylation sites (tertiary alicyclic amines) is 1. The van der Waals surface area contributed by atoms with Crippen LogP contribution in [-0.4, -0.2) is 33.4 Å². The minimum atomic E-state index is 0.244. The lowest BCUT2D eigenvalue weighted by atomic mass is 9.82. The van der Waals surface area contributed by atoms with Crippen LogP contribution in [-0.2, 0) is 11.3 Å². The molecule has 5 heteroatoms. The summed E-state index contributed by atoms with van der Waals surface area (Å²) in [4.78, 5) is 18.5. The maximum atomic E-state index is 12.1. The first-order valence-corrected chi connectivity index (χ1v) is 6.86. The van der Waals surface area contributed by atoms with E-state index in [1.165, 1.54) is 19.2 Å². The van der Waals surface area contributed by atoms with E-state index in [0.29, 0.717) is 18.4 Å². The van der Waals surface area contributed by atoms with Crippen LogP contribution < -0.4 is 0 Å². The number of Topliss-reactive ketones (excluding diaryl/α,β-unsaturated/α-hetero) is 1. The van der Waals surface area contributed by atoms with Crippen molar-refractivity contribution >= 4 is 5.78 Å². The maximum absolute atomic E-state index is 12.1. The van der Waals surface area contributed by atoms with Gasteiger partial charge >= 0.3 is 0 Å². The fourth-order valence-electron chi connectivity index (χ4n) is 3.36. The molecule has 2 heterocycles. The van der Waals surface area contributed by atoms with E-state index in [9.17, 15) is 4.79 Å². The van der Waals surface area contributed by atoms with E-state index >= 15 is 0 Å². The van der Waals surface area contributed by atoms with Gasteiger partial charge in [0.1, 0.15) is 5.78 Å². The van der Waals surface area contributed by atoms with Crippen molar-refractivity contribution in [1.29, 1.82) is 0 Å². The van der Waals surface area contributed by atoms with Gasteiger partial charge in [-0.25, -0.2) is 0 Å². The van der Waals surface area contributed by atoms with Crippen molar-refractivity contribution in [3.05, 3.63) is 12.2 Å². The van der Waals surface area contributed by atoms with Crippen molar-refractivity contribution < 1.29 is 9.32 Å². The van der Waals surface area contributed by atoms with Crippen LogP contribution in [0.25, 0.3) is 0 Å². The van der Waals surface area contributed by atoms with Crippen LogP contribution in [0.2, 0.25) is 0 Å². The van der Waals surface area contributed by atoms with Crippen LogP contribution in [0.5, 0.6) is 0 Å². The molecular weight excluding hydrogens is 230 g/mol. The van der Waals surface area contributed by atoms with Gasteiger partial charge in [0.2, 0.25) is 6.39 Å². The van der Waals surface area contributed by atoms with Gasteiger partial charge in [-0.1, -0.05) is 11.6 Å². The lowest BCUT2D eigenvalue weighted by Crippen LogP contribution is -2.40. The molecule has 0 radical (unpaired) electrons. The Balaban J connectivity index is 1.68. The lowest BCUT2D eigenvalue weighted by molar-refractivity contribution is -0.126. The molecule has 0 aromatic carbocycles. The highest BCUT2D eigenvalue weighted by molar-refractivity contribution is 5.82. The Kier molecular flexibility index (Phi) is 3.41. The van der Waals surface area contributed by atoms with Gasteiger partial charge in [-0.2, -0.15) is 4.98 Å². The lowest BCUT2D eigenvalue weighted by Gasteiger charge is -2.32. The Bertz CT molecular complexity index is 404. The van der Waals surface area contributed by atoms with Gasteiger partial charge in [-0.3, -0.25) is 9.69 Å². The number of carbonyl (C=O) groups excluding carboxylic acids is 1. The molecule has 1 saturated carbocycles. The average Bonchev–Trinajstić information content (AvgIpc) is 3.02. The Morgan fingerprint density at radius 3 is 3.06 bits per heavy atom. The molecule has 2 fully saturated rings. The van der Waals surface area contributed by atoms with E-state index in [1.54, 1.807) is 0 Å². The maximum Gasteiger partial charge on any atom is 0.213 e. The van der Waals surface area contributed by atoms with Gasteiger partial charge in [-0.05, 0) is 32.2 Å². The third kappa shape index (κ3) is 2.32. The van der Waals surface area contributed by atoms with E-state index in [4.69, 9.17) is 4.52 Å². The quantitative estimate of drug-likeness (QED) is 0.817. The fourth-order valence-corrected chi connectivity index (χ4v) is 3.36. The van der Waals surface area contributed by atoms with Gasteiger partial charge in [0.15, 0.2) is 5.82 Å². The first kappa shape index (κ1) is 11.8.